The maximum atomic E-state index is 13.7. The molecule has 1 unspecified atom stereocenters. The van der Waals surface area contributed by atoms with E-state index in [9.17, 15) is 9.59 Å². The number of hydrogen-bond donors (Lipinski definition) is 1. The van der Waals surface area contributed by atoms with Gasteiger partial charge in [0.1, 0.15) is 5.60 Å². The average Bonchev–Trinajstić information content (AvgIpc) is 2.96. The molecule has 2 aliphatic rings. The SMILES string of the molecule is CC(C)(C)OC(=O)NC1CCN(C(=O)C(c2cccc(Cl)c2)C2CCCCCC2)CC1. The van der Waals surface area contributed by atoms with Gasteiger partial charge in [-0.25, -0.2) is 4.79 Å². The van der Waals surface area contributed by atoms with Crippen LogP contribution in [0.5, 0.6) is 0 Å². The molecule has 0 radical (unpaired) electrons. The highest BCUT2D eigenvalue weighted by atomic mass is 35.5. The highest BCUT2D eigenvalue weighted by Gasteiger charge is 2.35. The van der Waals surface area contributed by atoms with Gasteiger partial charge in [-0.3, -0.25) is 4.79 Å². The molecular formula is C25H37ClN2O3. The fourth-order valence-electron chi connectivity index (χ4n) is 4.88. The fraction of sp³-hybridized carbons (Fsp3) is 0.680. The molecule has 31 heavy (non-hydrogen) atoms. The summed E-state index contributed by atoms with van der Waals surface area (Å²) in [5.74, 6) is 0.447. The summed E-state index contributed by atoms with van der Waals surface area (Å²) in [5, 5.41) is 3.64. The Labute approximate surface area is 191 Å². The van der Waals surface area contributed by atoms with E-state index in [1.807, 2.05) is 43.9 Å². The van der Waals surface area contributed by atoms with Crippen molar-refractivity contribution in [3.05, 3.63) is 34.9 Å². The Morgan fingerprint density at radius 1 is 1.06 bits per heavy atom. The minimum absolute atomic E-state index is 0.0430. The highest BCUT2D eigenvalue weighted by Crippen LogP contribution is 2.37. The van der Waals surface area contributed by atoms with Crippen molar-refractivity contribution in [1.82, 2.24) is 10.2 Å². The van der Waals surface area contributed by atoms with E-state index in [0.29, 0.717) is 24.0 Å². The lowest BCUT2D eigenvalue weighted by Crippen LogP contribution is -2.49. The highest BCUT2D eigenvalue weighted by molar-refractivity contribution is 6.30. The van der Waals surface area contributed by atoms with Crippen molar-refractivity contribution in [2.75, 3.05) is 13.1 Å². The van der Waals surface area contributed by atoms with Crippen molar-refractivity contribution in [1.29, 1.82) is 0 Å². The molecule has 1 saturated carbocycles. The third-order valence-corrected chi connectivity index (χ3v) is 6.61. The van der Waals surface area contributed by atoms with E-state index in [4.69, 9.17) is 16.3 Å². The number of rotatable bonds is 4. The number of halogens is 1. The third kappa shape index (κ3) is 7.13. The van der Waals surface area contributed by atoms with Gasteiger partial charge in [0.15, 0.2) is 0 Å². The van der Waals surface area contributed by atoms with Gasteiger partial charge in [0.2, 0.25) is 5.91 Å². The number of nitrogens with zero attached hydrogens (tertiary/aromatic N) is 1. The zero-order valence-corrected chi connectivity index (χ0v) is 19.9. The molecule has 0 spiro atoms. The van der Waals surface area contributed by atoms with Gasteiger partial charge in [-0.05, 0) is 70.1 Å². The van der Waals surface area contributed by atoms with E-state index >= 15 is 0 Å². The van der Waals surface area contributed by atoms with Crippen molar-refractivity contribution >= 4 is 23.6 Å². The number of benzene rings is 1. The quantitative estimate of drug-likeness (QED) is 0.582. The van der Waals surface area contributed by atoms with Crippen LogP contribution in [0.4, 0.5) is 4.79 Å². The van der Waals surface area contributed by atoms with Crippen LogP contribution in [-0.4, -0.2) is 41.6 Å². The van der Waals surface area contributed by atoms with Crippen LogP contribution in [0.3, 0.4) is 0 Å². The van der Waals surface area contributed by atoms with Gasteiger partial charge in [0.05, 0.1) is 5.92 Å². The Morgan fingerprint density at radius 3 is 2.29 bits per heavy atom. The molecule has 1 aromatic carbocycles. The van der Waals surface area contributed by atoms with E-state index in [-0.39, 0.29) is 24.0 Å². The molecule has 1 heterocycles. The van der Waals surface area contributed by atoms with Gasteiger partial charge in [-0.15, -0.1) is 0 Å². The maximum Gasteiger partial charge on any atom is 0.407 e. The number of likely N-dealkylation sites (tertiary alicyclic amines) is 1. The Bertz CT molecular complexity index is 745. The lowest BCUT2D eigenvalue weighted by atomic mass is 9.80. The first-order chi connectivity index (χ1) is 14.7. The number of carbonyl (C=O) groups excluding carboxylic acids is 2. The van der Waals surface area contributed by atoms with E-state index < -0.39 is 5.60 Å². The fourth-order valence-corrected chi connectivity index (χ4v) is 5.07. The molecule has 1 N–H and O–H groups in total. The molecule has 6 heteroatoms. The third-order valence-electron chi connectivity index (χ3n) is 6.37. The molecule has 3 rings (SSSR count). The molecule has 0 aromatic heterocycles. The molecule has 5 nitrogen and oxygen atoms in total. The summed E-state index contributed by atoms with van der Waals surface area (Å²) >= 11 is 6.29. The zero-order valence-electron chi connectivity index (χ0n) is 19.2. The van der Waals surface area contributed by atoms with Crippen LogP contribution in [-0.2, 0) is 9.53 Å². The summed E-state index contributed by atoms with van der Waals surface area (Å²) in [4.78, 5) is 27.8. The van der Waals surface area contributed by atoms with E-state index in [1.165, 1.54) is 25.7 Å². The summed E-state index contributed by atoms with van der Waals surface area (Å²) in [7, 11) is 0. The van der Waals surface area contributed by atoms with Crippen LogP contribution in [0.2, 0.25) is 5.02 Å². The van der Waals surface area contributed by atoms with Gasteiger partial charge < -0.3 is 15.0 Å². The van der Waals surface area contributed by atoms with Gasteiger partial charge in [-0.2, -0.15) is 0 Å². The van der Waals surface area contributed by atoms with Crippen LogP contribution in [0.15, 0.2) is 24.3 Å². The van der Waals surface area contributed by atoms with Gasteiger partial charge in [-0.1, -0.05) is 49.4 Å². The standard InChI is InChI=1S/C25H37ClN2O3/c1-25(2,3)31-24(30)27-21-13-15-28(16-14-21)23(29)22(18-9-6-4-5-7-10-18)19-11-8-12-20(26)17-19/h8,11-12,17-18,21-22H,4-7,9-10,13-16H2,1-3H3,(H,27,30). The summed E-state index contributed by atoms with van der Waals surface area (Å²) < 4.78 is 5.37. The summed E-state index contributed by atoms with van der Waals surface area (Å²) in [5.41, 5.74) is 0.530. The maximum absolute atomic E-state index is 13.7. The van der Waals surface area contributed by atoms with E-state index in [2.05, 4.69) is 11.4 Å². The monoisotopic (exact) mass is 448 g/mol. The van der Waals surface area contributed by atoms with Crippen molar-refractivity contribution in [2.45, 2.75) is 89.7 Å². The second-order valence-corrected chi connectivity index (χ2v) is 10.5. The topological polar surface area (TPSA) is 58.6 Å². The van der Waals surface area contributed by atoms with E-state index in [0.717, 1.165) is 31.2 Å². The van der Waals surface area contributed by atoms with Crippen molar-refractivity contribution in [2.24, 2.45) is 5.92 Å². The molecule has 2 amide bonds. The largest absolute Gasteiger partial charge is 0.444 e. The van der Waals surface area contributed by atoms with Gasteiger partial charge in [0.25, 0.3) is 0 Å². The number of hydrogen-bond acceptors (Lipinski definition) is 3. The number of piperidine rings is 1. The Hall–Kier alpha value is -1.75. The molecule has 2 fully saturated rings. The Kier molecular flexibility index (Phi) is 8.26. The first-order valence-corrected chi connectivity index (χ1v) is 12.1. The van der Waals surface area contributed by atoms with Crippen LogP contribution in [0.1, 0.15) is 83.6 Å². The Morgan fingerprint density at radius 2 is 1.71 bits per heavy atom. The number of ether oxygens (including phenoxy) is 1. The van der Waals surface area contributed by atoms with Crippen LogP contribution in [0.25, 0.3) is 0 Å². The molecule has 1 saturated heterocycles. The molecule has 1 atom stereocenters. The van der Waals surface area contributed by atoms with Gasteiger partial charge >= 0.3 is 6.09 Å². The van der Waals surface area contributed by atoms with Crippen molar-refractivity contribution < 1.29 is 14.3 Å². The van der Waals surface area contributed by atoms with Gasteiger partial charge in [0, 0.05) is 24.2 Å². The second kappa shape index (κ2) is 10.7. The molecule has 1 aromatic rings. The molecule has 172 valence electrons. The van der Waals surface area contributed by atoms with Crippen molar-refractivity contribution in [3.63, 3.8) is 0 Å². The number of alkyl carbamates (subject to hydrolysis) is 1. The average molecular weight is 449 g/mol. The van der Waals surface area contributed by atoms with Crippen LogP contribution in [0, 0.1) is 5.92 Å². The Balaban J connectivity index is 1.66. The molecule has 1 aliphatic carbocycles. The predicted octanol–water partition coefficient (Wildman–Crippen LogP) is 5.91. The lowest BCUT2D eigenvalue weighted by Gasteiger charge is -2.37. The predicted molar refractivity (Wildman–Crippen MR) is 124 cm³/mol. The molecule has 0 bridgehead atoms. The van der Waals surface area contributed by atoms with Crippen LogP contribution >= 0.6 is 11.6 Å². The molecule has 1 aliphatic heterocycles. The number of amides is 2. The summed E-state index contributed by atoms with van der Waals surface area (Å²) in [6, 6.07) is 7.88. The minimum Gasteiger partial charge on any atom is -0.444 e. The lowest BCUT2D eigenvalue weighted by molar-refractivity contribution is -0.135. The number of nitrogens with one attached hydrogen (secondary N) is 1. The summed E-state index contributed by atoms with van der Waals surface area (Å²) in [6.07, 6.45) is 8.21. The van der Waals surface area contributed by atoms with Crippen LogP contribution < -0.4 is 5.32 Å². The van der Waals surface area contributed by atoms with E-state index in [1.54, 1.807) is 0 Å². The second-order valence-electron chi connectivity index (χ2n) is 10.0. The summed E-state index contributed by atoms with van der Waals surface area (Å²) in [6.45, 7) is 6.89. The zero-order chi connectivity index (χ0) is 22.4. The number of carbonyl (C=O) groups is 2. The smallest absolute Gasteiger partial charge is 0.407 e. The normalized spacial score (nSPS) is 20.1. The first-order valence-electron chi connectivity index (χ1n) is 11.8. The minimum atomic E-state index is -0.510. The van der Waals surface area contributed by atoms with Crippen molar-refractivity contribution in [3.8, 4) is 0 Å². The molecular weight excluding hydrogens is 412 g/mol. The first kappa shape index (κ1) is 23.9.